The van der Waals surface area contributed by atoms with Crippen LogP contribution < -0.4 is 0 Å². The highest BCUT2D eigenvalue weighted by molar-refractivity contribution is 5.76. The van der Waals surface area contributed by atoms with Gasteiger partial charge < -0.3 is 14.9 Å². The lowest BCUT2D eigenvalue weighted by Crippen LogP contribution is -2.56. The van der Waals surface area contributed by atoms with Crippen molar-refractivity contribution in [3.8, 4) is 0 Å². The molecule has 2 rings (SSSR count). The SMILES string of the molecule is Cc1ccc(CN(C)C(=O)N2CC(C(C)C(=O)O)C2)cc1. The number of rotatable bonds is 4. The van der Waals surface area contributed by atoms with E-state index in [1.165, 1.54) is 5.56 Å². The van der Waals surface area contributed by atoms with E-state index in [1.54, 1.807) is 23.8 Å². The number of nitrogens with zero attached hydrogens (tertiary/aromatic N) is 2. The molecule has 1 unspecified atom stereocenters. The Morgan fingerprint density at radius 1 is 1.33 bits per heavy atom. The van der Waals surface area contributed by atoms with E-state index in [0.29, 0.717) is 19.6 Å². The lowest BCUT2D eigenvalue weighted by molar-refractivity contribution is -0.144. The highest BCUT2D eigenvalue weighted by Crippen LogP contribution is 2.25. The van der Waals surface area contributed by atoms with Gasteiger partial charge in [0.05, 0.1) is 5.92 Å². The first-order valence-electron chi connectivity index (χ1n) is 7.17. The second-order valence-corrected chi connectivity index (χ2v) is 5.92. The number of aliphatic carboxylic acids is 1. The molecule has 1 fully saturated rings. The van der Waals surface area contributed by atoms with E-state index in [1.807, 2.05) is 31.2 Å². The van der Waals surface area contributed by atoms with E-state index >= 15 is 0 Å². The van der Waals surface area contributed by atoms with Crippen molar-refractivity contribution in [3.05, 3.63) is 35.4 Å². The van der Waals surface area contributed by atoms with Gasteiger partial charge in [0.2, 0.25) is 0 Å². The zero-order valence-corrected chi connectivity index (χ0v) is 12.7. The number of aryl methyl sites for hydroxylation is 1. The molecular weight excluding hydrogens is 268 g/mol. The molecule has 1 N–H and O–H groups in total. The van der Waals surface area contributed by atoms with Crippen molar-refractivity contribution >= 4 is 12.0 Å². The van der Waals surface area contributed by atoms with E-state index in [9.17, 15) is 9.59 Å². The largest absolute Gasteiger partial charge is 0.481 e. The molecule has 1 aromatic carbocycles. The molecule has 1 aromatic rings. The summed E-state index contributed by atoms with van der Waals surface area (Å²) in [6.45, 7) is 5.36. The molecule has 1 aliphatic heterocycles. The van der Waals surface area contributed by atoms with Crippen molar-refractivity contribution in [1.82, 2.24) is 9.80 Å². The van der Waals surface area contributed by atoms with E-state index < -0.39 is 11.9 Å². The van der Waals surface area contributed by atoms with Gasteiger partial charge >= 0.3 is 12.0 Å². The van der Waals surface area contributed by atoms with Crippen LogP contribution in [0.4, 0.5) is 4.79 Å². The van der Waals surface area contributed by atoms with Gasteiger partial charge in [-0.2, -0.15) is 0 Å². The van der Waals surface area contributed by atoms with Crippen LogP contribution in [0.15, 0.2) is 24.3 Å². The summed E-state index contributed by atoms with van der Waals surface area (Å²) in [7, 11) is 1.77. The fraction of sp³-hybridized carbons (Fsp3) is 0.500. The maximum Gasteiger partial charge on any atom is 0.320 e. The first-order chi connectivity index (χ1) is 9.88. The Labute approximate surface area is 125 Å². The standard InChI is InChI=1S/C16H22N2O3/c1-11-4-6-13(7-5-11)8-17(3)16(21)18-9-14(10-18)12(2)15(19)20/h4-7,12,14H,8-10H2,1-3H3,(H,19,20). The van der Waals surface area contributed by atoms with Gasteiger partial charge in [-0.05, 0) is 12.5 Å². The maximum absolute atomic E-state index is 12.2. The molecule has 0 bridgehead atoms. The van der Waals surface area contributed by atoms with Crippen LogP contribution in [0.2, 0.25) is 0 Å². The molecule has 1 heterocycles. The second kappa shape index (κ2) is 6.16. The molecule has 0 aliphatic carbocycles. The summed E-state index contributed by atoms with van der Waals surface area (Å²) in [6.07, 6.45) is 0. The highest BCUT2D eigenvalue weighted by Gasteiger charge is 2.38. The highest BCUT2D eigenvalue weighted by atomic mass is 16.4. The molecule has 0 aromatic heterocycles. The summed E-state index contributed by atoms with van der Waals surface area (Å²) in [6, 6.07) is 8.06. The third-order valence-corrected chi connectivity index (χ3v) is 4.14. The minimum Gasteiger partial charge on any atom is -0.481 e. The average Bonchev–Trinajstić information content (AvgIpc) is 2.39. The fourth-order valence-corrected chi connectivity index (χ4v) is 2.46. The second-order valence-electron chi connectivity index (χ2n) is 5.92. The zero-order valence-electron chi connectivity index (χ0n) is 12.7. The number of carbonyl (C=O) groups excluding carboxylic acids is 1. The molecule has 114 valence electrons. The maximum atomic E-state index is 12.2. The Hall–Kier alpha value is -2.04. The Morgan fingerprint density at radius 2 is 1.90 bits per heavy atom. The predicted octanol–water partition coefficient (Wildman–Crippen LogP) is 2.20. The van der Waals surface area contributed by atoms with Crippen molar-refractivity contribution in [3.63, 3.8) is 0 Å². The van der Waals surface area contributed by atoms with Gasteiger partial charge in [0.15, 0.2) is 0 Å². The van der Waals surface area contributed by atoms with Crippen LogP contribution in [0.25, 0.3) is 0 Å². The minimum atomic E-state index is -0.792. The van der Waals surface area contributed by atoms with Crippen molar-refractivity contribution in [1.29, 1.82) is 0 Å². The number of amides is 2. The number of carbonyl (C=O) groups is 2. The van der Waals surface area contributed by atoms with E-state index in [0.717, 1.165) is 5.56 Å². The van der Waals surface area contributed by atoms with Gasteiger partial charge in [0.1, 0.15) is 0 Å². The molecular formula is C16H22N2O3. The van der Waals surface area contributed by atoms with Crippen LogP contribution in [0.3, 0.4) is 0 Å². The molecule has 0 radical (unpaired) electrons. The van der Waals surface area contributed by atoms with Crippen LogP contribution in [0.5, 0.6) is 0 Å². The van der Waals surface area contributed by atoms with Gasteiger partial charge in [0.25, 0.3) is 0 Å². The van der Waals surface area contributed by atoms with Gasteiger partial charge in [0, 0.05) is 32.6 Å². The third-order valence-electron chi connectivity index (χ3n) is 4.14. The molecule has 5 nitrogen and oxygen atoms in total. The molecule has 5 heteroatoms. The van der Waals surface area contributed by atoms with Crippen LogP contribution in [0, 0.1) is 18.8 Å². The Bertz CT molecular complexity index is 521. The average molecular weight is 290 g/mol. The lowest BCUT2D eigenvalue weighted by Gasteiger charge is -2.42. The summed E-state index contributed by atoms with van der Waals surface area (Å²) in [5.74, 6) is -1.12. The van der Waals surface area contributed by atoms with Gasteiger partial charge in [-0.3, -0.25) is 4.79 Å². The summed E-state index contributed by atoms with van der Waals surface area (Å²) < 4.78 is 0. The van der Waals surface area contributed by atoms with Crippen LogP contribution >= 0.6 is 0 Å². The van der Waals surface area contributed by atoms with Crippen LogP contribution in [0.1, 0.15) is 18.1 Å². The van der Waals surface area contributed by atoms with E-state index in [-0.39, 0.29) is 11.9 Å². The summed E-state index contributed by atoms with van der Waals surface area (Å²) in [5, 5.41) is 8.95. The smallest absolute Gasteiger partial charge is 0.320 e. The molecule has 1 saturated heterocycles. The van der Waals surface area contributed by atoms with Crippen molar-refractivity contribution in [2.24, 2.45) is 11.8 Å². The Kier molecular flexibility index (Phi) is 4.50. The summed E-state index contributed by atoms with van der Waals surface area (Å²) >= 11 is 0. The molecule has 21 heavy (non-hydrogen) atoms. The Morgan fingerprint density at radius 3 is 2.43 bits per heavy atom. The summed E-state index contributed by atoms with van der Waals surface area (Å²) in [5.41, 5.74) is 2.29. The lowest BCUT2D eigenvalue weighted by atomic mass is 9.87. The van der Waals surface area contributed by atoms with Crippen molar-refractivity contribution < 1.29 is 14.7 Å². The van der Waals surface area contributed by atoms with Gasteiger partial charge in [-0.15, -0.1) is 0 Å². The van der Waals surface area contributed by atoms with Crippen LogP contribution in [-0.2, 0) is 11.3 Å². The number of likely N-dealkylation sites (tertiary alicyclic amines) is 1. The number of hydrogen-bond acceptors (Lipinski definition) is 2. The van der Waals surface area contributed by atoms with E-state index in [2.05, 4.69) is 0 Å². The number of benzene rings is 1. The first-order valence-corrected chi connectivity index (χ1v) is 7.17. The number of hydrogen-bond donors (Lipinski definition) is 1. The number of carboxylic acids is 1. The number of carboxylic acid groups (broad SMARTS) is 1. The third kappa shape index (κ3) is 3.54. The van der Waals surface area contributed by atoms with Crippen molar-refractivity contribution in [2.45, 2.75) is 20.4 Å². The molecule has 1 atom stereocenters. The normalized spacial score (nSPS) is 16.2. The van der Waals surface area contributed by atoms with Crippen molar-refractivity contribution in [2.75, 3.05) is 20.1 Å². The monoisotopic (exact) mass is 290 g/mol. The molecule has 0 spiro atoms. The fourth-order valence-electron chi connectivity index (χ4n) is 2.46. The minimum absolute atomic E-state index is 0.0376. The molecule has 0 saturated carbocycles. The molecule has 1 aliphatic rings. The number of urea groups is 1. The molecule has 2 amide bonds. The van der Waals surface area contributed by atoms with Crippen LogP contribution in [-0.4, -0.2) is 47.0 Å². The predicted molar refractivity (Wildman–Crippen MR) is 79.9 cm³/mol. The van der Waals surface area contributed by atoms with Gasteiger partial charge in [-0.1, -0.05) is 36.8 Å². The Balaban J connectivity index is 1.84. The zero-order chi connectivity index (χ0) is 15.6. The summed E-state index contributed by atoms with van der Waals surface area (Å²) in [4.78, 5) is 26.5. The van der Waals surface area contributed by atoms with E-state index in [4.69, 9.17) is 5.11 Å². The quantitative estimate of drug-likeness (QED) is 0.924. The topological polar surface area (TPSA) is 60.9 Å². The van der Waals surface area contributed by atoms with Gasteiger partial charge in [-0.25, -0.2) is 4.79 Å². The first kappa shape index (κ1) is 15.4.